The van der Waals surface area contributed by atoms with E-state index in [0.717, 1.165) is 23.5 Å². The first-order chi connectivity index (χ1) is 8.70. The van der Waals surface area contributed by atoms with Gasteiger partial charge in [0.05, 0.1) is 0 Å². The van der Waals surface area contributed by atoms with E-state index in [-0.39, 0.29) is 0 Å². The first kappa shape index (κ1) is 12.5. The summed E-state index contributed by atoms with van der Waals surface area (Å²) in [6, 6.07) is 6.52. The summed E-state index contributed by atoms with van der Waals surface area (Å²) in [5, 5.41) is 0. The normalized spacial score (nSPS) is 24.9. The quantitative estimate of drug-likeness (QED) is 0.778. The summed E-state index contributed by atoms with van der Waals surface area (Å²) in [4.78, 5) is 3.26. The Kier molecular flexibility index (Phi) is 3.62. The fourth-order valence-corrected chi connectivity index (χ4v) is 3.33. The number of benzene rings is 1. The second-order valence-electron chi connectivity index (χ2n) is 5.53. The summed E-state index contributed by atoms with van der Waals surface area (Å²) in [5.41, 5.74) is 2.72. The van der Waals surface area contributed by atoms with Crippen molar-refractivity contribution >= 4 is 15.9 Å². The van der Waals surface area contributed by atoms with Crippen molar-refractivity contribution in [3.63, 3.8) is 0 Å². The fourth-order valence-electron chi connectivity index (χ4n) is 2.92. The molecule has 1 atom stereocenters. The van der Waals surface area contributed by atoms with Crippen LogP contribution in [0, 0.1) is 6.92 Å². The maximum Gasteiger partial charge on any atom is 0.123 e. The minimum absolute atomic E-state index is 0.355. The standard InChI is InChI=1S/C15H20BrNO/c1-11-2-3-15-12(8-11)9-14(18-15)10-17-6-4-13(16)5-7-17/h2-3,8,13-14H,4-7,9-10H2,1H3. The van der Waals surface area contributed by atoms with Crippen molar-refractivity contribution in [3.05, 3.63) is 29.3 Å². The Morgan fingerprint density at radius 1 is 1.33 bits per heavy atom. The van der Waals surface area contributed by atoms with Crippen molar-refractivity contribution < 1.29 is 4.74 Å². The van der Waals surface area contributed by atoms with Crippen molar-refractivity contribution in [2.45, 2.75) is 37.1 Å². The highest BCUT2D eigenvalue weighted by molar-refractivity contribution is 9.09. The minimum atomic E-state index is 0.355. The maximum atomic E-state index is 6.04. The number of ether oxygens (including phenoxy) is 1. The molecule has 2 nitrogen and oxygen atoms in total. The van der Waals surface area contributed by atoms with Crippen LogP contribution in [-0.2, 0) is 6.42 Å². The van der Waals surface area contributed by atoms with Gasteiger partial charge in [0.1, 0.15) is 11.9 Å². The van der Waals surface area contributed by atoms with E-state index in [4.69, 9.17) is 4.74 Å². The molecule has 2 heterocycles. The summed E-state index contributed by atoms with van der Waals surface area (Å²) < 4.78 is 6.04. The van der Waals surface area contributed by atoms with Gasteiger partial charge in [-0.3, -0.25) is 4.90 Å². The van der Waals surface area contributed by atoms with E-state index in [1.165, 1.54) is 37.1 Å². The third-order valence-electron chi connectivity index (χ3n) is 3.94. The molecule has 0 radical (unpaired) electrons. The van der Waals surface area contributed by atoms with Gasteiger partial charge in [0.15, 0.2) is 0 Å². The number of hydrogen-bond acceptors (Lipinski definition) is 2. The van der Waals surface area contributed by atoms with Crippen molar-refractivity contribution in [1.29, 1.82) is 0 Å². The minimum Gasteiger partial charge on any atom is -0.488 e. The molecule has 0 saturated carbocycles. The number of aryl methyl sites for hydroxylation is 1. The van der Waals surface area contributed by atoms with Crippen molar-refractivity contribution in [1.82, 2.24) is 4.90 Å². The lowest BCUT2D eigenvalue weighted by Gasteiger charge is -2.31. The first-order valence-electron chi connectivity index (χ1n) is 6.83. The monoisotopic (exact) mass is 309 g/mol. The van der Waals surface area contributed by atoms with E-state index < -0.39 is 0 Å². The fraction of sp³-hybridized carbons (Fsp3) is 0.600. The van der Waals surface area contributed by atoms with Gasteiger partial charge in [-0.15, -0.1) is 0 Å². The number of halogens is 1. The predicted molar refractivity (Wildman–Crippen MR) is 77.7 cm³/mol. The van der Waals surface area contributed by atoms with Gasteiger partial charge in [-0.25, -0.2) is 0 Å². The number of fused-ring (bicyclic) bond motifs is 1. The van der Waals surface area contributed by atoms with E-state index >= 15 is 0 Å². The van der Waals surface area contributed by atoms with Crippen LogP contribution in [0.1, 0.15) is 24.0 Å². The third kappa shape index (κ3) is 2.72. The average Bonchev–Trinajstić information content (AvgIpc) is 2.73. The molecule has 3 heteroatoms. The summed E-state index contributed by atoms with van der Waals surface area (Å²) >= 11 is 3.70. The Labute approximate surface area is 117 Å². The van der Waals surface area contributed by atoms with Gasteiger partial charge in [0, 0.05) is 17.8 Å². The maximum absolute atomic E-state index is 6.04. The SMILES string of the molecule is Cc1ccc2c(c1)CC(CN1CCC(Br)CC1)O2. The number of alkyl halides is 1. The highest BCUT2D eigenvalue weighted by atomic mass is 79.9. The van der Waals surface area contributed by atoms with Crippen LogP contribution in [0.3, 0.4) is 0 Å². The van der Waals surface area contributed by atoms with Crippen LogP contribution in [0.25, 0.3) is 0 Å². The van der Waals surface area contributed by atoms with Gasteiger partial charge in [0.2, 0.25) is 0 Å². The first-order valence-corrected chi connectivity index (χ1v) is 7.75. The van der Waals surface area contributed by atoms with Gasteiger partial charge in [-0.1, -0.05) is 33.6 Å². The molecule has 0 aromatic heterocycles. The van der Waals surface area contributed by atoms with E-state index in [2.05, 4.69) is 46.0 Å². The molecular formula is C15H20BrNO. The molecule has 3 rings (SSSR count). The lowest BCUT2D eigenvalue weighted by atomic mass is 10.1. The molecule has 1 fully saturated rings. The summed E-state index contributed by atoms with van der Waals surface area (Å²) in [6.07, 6.45) is 3.96. The lowest BCUT2D eigenvalue weighted by Crippen LogP contribution is -2.40. The van der Waals surface area contributed by atoms with Gasteiger partial charge >= 0.3 is 0 Å². The number of hydrogen-bond donors (Lipinski definition) is 0. The van der Waals surface area contributed by atoms with Crippen LogP contribution < -0.4 is 4.74 Å². The second kappa shape index (κ2) is 5.22. The molecule has 0 spiro atoms. The Bertz CT molecular complexity index is 427. The highest BCUT2D eigenvalue weighted by Gasteiger charge is 2.26. The summed E-state index contributed by atoms with van der Waals surface area (Å²) in [5.74, 6) is 1.10. The van der Waals surface area contributed by atoms with Crippen molar-refractivity contribution in [2.24, 2.45) is 0 Å². The van der Waals surface area contributed by atoms with E-state index in [1.807, 2.05) is 0 Å². The van der Waals surface area contributed by atoms with E-state index in [9.17, 15) is 0 Å². The molecule has 0 amide bonds. The van der Waals surface area contributed by atoms with Crippen LogP contribution in [-0.4, -0.2) is 35.5 Å². The number of piperidine rings is 1. The molecule has 1 aromatic carbocycles. The van der Waals surface area contributed by atoms with Crippen molar-refractivity contribution in [3.8, 4) is 5.75 Å². The van der Waals surface area contributed by atoms with Gasteiger partial charge in [-0.2, -0.15) is 0 Å². The molecule has 98 valence electrons. The molecule has 0 aliphatic carbocycles. The molecule has 1 unspecified atom stereocenters. The van der Waals surface area contributed by atoms with Gasteiger partial charge in [-0.05, 0) is 44.5 Å². The highest BCUT2D eigenvalue weighted by Crippen LogP contribution is 2.30. The number of rotatable bonds is 2. The Morgan fingerprint density at radius 2 is 2.11 bits per heavy atom. The molecule has 2 aliphatic rings. The van der Waals surface area contributed by atoms with Crippen LogP contribution in [0.4, 0.5) is 0 Å². The smallest absolute Gasteiger partial charge is 0.123 e. The number of likely N-dealkylation sites (tertiary alicyclic amines) is 1. The molecule has 0 bridgehead atoms. The second-order valence-corrected chi connectivity index (χ2v) is 6.83. The lowest BCUT2D eigenvalue weighted by molar-refractivity contribution is 0.136. The Balaban J connectivity index is 1.58. The van der Waals surface area contributed by atoms with Crippen LogP contribution in [0.5, 0.6) is 5.75 Å². The van der Waals surface area contributed by atoms with Crippen LogP contribution >= 0.6 is 15.9 Å². The predicted octanol–water partition coefficient (Wildman–Crippen LogP) is 3.16. The zero-order chi connectivity index (χ0) is 12.5. The van der Waals surface area contributed by atoms with E-state index in [1.54, 1.807) is 0 Å². The topological polar surface area (TPSA) is 12.5 Å². The Morgan fingerprint density at radius 3 is 2.89 bits per heavy atom. The van der Waals surface area contributed by atoms with Gasteiger partial charge < -0.3 is 4.74 Å². The molecule has 1 aromatic rings. The van der Waals surface area contributed by atoms with Gasteiger partial charge in [0.25, 0.3) is 0 Å². The molecule has 0 N–H and O–H groups in total. The van der Waals surface area contributed by atoms with Crippen molar-refractivity contribution in [2.75, 3.05) is 19.6 Å². The molecule has 2 aliphatic heterocycles. The zero-order valence-corrected chi connectivity index (χ0v) is 12.4. The number of nitrogens with zero attached hydrogens (tertiary/aromatic N) is 1. The zero-order valence-electron chi connectivity index (χ0n) is 10.9. The van der Waals surface area contributed by atoms with E-state index in [0.29, 0.717) is 6.10 Å². The average molecular weight is 310 g/mol. The third-order valence-corrected chi connectivity index (χ3v) is 4.85. The molecule has 18 heavy (non-hydrogen) atoms. The van der Waals surface area contributed by atoms with Crippen LogP contribution in [0.2, 0.25) is 0 Å². The summed E-state index contributed by atoms with van der Waals surface area (Å²) in [7, 11) is 0. The van der Waals surface area contributed by atoms with Crippen LogP contribution in [0.15, 0.2) is 18.2 Å². The largest absolute Gasteiger partial charge is 0.488 e. The summed E-state index contributed by atoms with van der Waals surface area (Å²) in [6.45, 7) is 5.62. The Hall–Kier alpha value is -0.540. The molecular weight excluding hydrogens is 290 g/mol. The molecule has 1 saturated heterocycles.